The Morgan fingerprint density at radius 1 is 1.38 bits per heavy atom. The molecule has 1 spiro atoms. The molecule has 2 saturated carbocycles. The molecular formula is C11H14F2O3. The van der Waals surface area contributed by atoms with Crippen molar-refractivity contribution in [2.24, 2.45) is 17.3 Å². The second-order valence-electron chi connectivity index (χ2n) is 5.25. The number of aliphatic carboxylic acids is 1. The highest BCUT2D eigenvalue weighted by Gasteiger charge is 2.86. The molecule has 0 radical (unpaired) electrons. The zero-order chi connectivity index (χ0) is 11.6. The maximum absolute atomic E-state index is 13.7. The lowest BCUT2D eigenvalue weighted by Crippen LogP contribution is -2.36. The lowest BCUT2D eigenvalue weighted by molar-refractivity contribution is -0.149. The van der Waals surface area contributed by atoms with Crippen LogP contribution in [0, 0.1) is 17.3 Å². The van der Waals surface area contributed by atoms with Crippen LogP contribution in [0.15, 0.2) is 0 Å². The predicted molar refractivity (Wildman–Crippen MR) is 50.2 cm³/mol. The smallest absolute Gasteiger partial charge is 0.306 e. The second kappa shape index (κ2) is 2.94. The fourth-order valence-electron chi connectivity index (χ4n) is 3.51. The van der Waals surface area contributed by atoms with Crippen LogP contribution in [-0.2, 0) is 9.53 Å². The molecule has 1 aliphatic heterocycles. The van der Waals surface area contributed by atoms with Gasteiger partial charge in [-0.15, -0.1) is 0 Å². The van der Waals surface area contributed by atoms with Crippen LogP contribution in [0.1, 0.15) is 25.7 Å². The molecular weight excluding hydrogens is 218 g/mol. The van der Waals surface area contributed by atoms with Crippen LogP contribution in [0.5, 0.6) is 0 Å². The van der Waals surface area contributed by atoms with Gasteiger partial charge >= 0.3 is 5.97 Å². The maximum atomic E-state index is 13.7. The van der Waals surface area contributed by atoms with Crippen molar-refractivity contribution in [3.8, 4) is 0 Å². The molecule has 3 fully saturated rings. The van der Waals surface area contributed by atoms with Crippen LogP contribution in [0.4, 0.5) is 8.78 Å². The number of carboxylic acids is 1. The Morgan fingerprint density at radius 3 is 2.56 bits per heavy atom. The van der Waals surface area contributed by atoms with Crippen LogP contribution in [-0.4, -0.2) is 29.7 Å². The number of alkyl halides is 2. The minimum Gasteiger partial charge on any atom is -0.481 e. The first-order valence-corrected chi connectivity index (χ1v) is 5.71. The van der Waals surface area contributed by atoms with Gasteiger partial charge in [0.25, 0.3) is 5.92 Å². The fraction of sp³-hybridized carbons (Fsp3) is 0.909. The molecule has 90 valence electrons. The summed E-state index contributed by atoms with van der Waals surface area (Å²) in [5.41, 5.74) is -1.04. The Hall–Kier alpha value is -0.710. The van der Waals surface area contributed by atoms with Gasteiger partial charge in [-0.2, -0.15) is 0 Å². The Morgan fingerprint density at radius 2 is 2.06 bits per heavy atom. The monoisotopic (exact) mass is 232 g/mol. The van der Waals surface area contributed by atoms with Crippen molar-refractivity contribution < 1.29 is 23.4 Å². The quantitative estimate of drug-likeness (QED) is 0.791. The van der Waals surface area contributed by atoms with Gasteiger partial charge in [-0.05, 0) is 25.7 Å². The van der Waals surface area contributed by atoms with E-state index in [-0.39, 0.29) is 18.9 Å². The lowest BCUT2D eigenvalue weighted by atomic mass is 9.69. The van der Waals surface area contributed by atoms with Gasteiger partial charge in [0.2, 0.25) is 0 Å². The van der Waals surface area contributed by atoms with Crippen molar-refractivity contribution in [1.82, 2.24) is 0 Å². The molecule has 2 atom stereocenters. The number of carboxylic acid groups (broad SMARTS) is 1. The van der Waals surface area contributed by atoms with Crippen molar-refractivity contribution in [3.05, 3.63) is 0 Å². The molecule has 0 aromatic heterocycles. The summed E-state index contributed by atoms with van der Waals surface area (Å²) in [6, 6.07) is 0. The summed E-state index contributed by atoms with van der Waals surface area (Å²) in [5, 5.41) is 8.74. The summed E-state index contributed by atoms with van der Waals surface area (Å²) in [7, 11) is 0. The van der Waals surface area contributed by atoms with Crippen LogP contribution >= 0.6 is 0 Å². The van der Waals surface area contributed by atoms with Gasteiger partial charge in [0.05, 0.1) is 17.9 Å². The van der Waals surface area contributed by atoms with Gasteiger partial charge in [-0.3, -0.25) is 4.79 Å². The molecule has 3 rings (SSSR count). The second-order valence-corrected chi connectivity index (χ2v) is 5.25. The summed E-state index contributed by atoms with van der Waals surface area (Å²) < 4.78 is 32.7. The highest BCUT2D eigenvalue weighted by Crippen LogP contribution is 2.78. The van der Waals surface area contributed by atoms with Crippen LogP contribution in [0.25, 0.3) is 0 Å². The first kappa shape index (κ1) is 10.4. The standard InChI is InChI=1S/C11H14F2O3/c12-11(13)8(7-2-1-3-16-7)10(11)4-6(5-10)9(14)15/h6-8H,1-5H2,(H,14,15). The van der Waals surface area contributed by atoms with Gasteiger partial charge in [-0.1, -0.05) is 0 Å². The Labute approximate surface area is 91.8 Å². The topological polar surface area (TPSA) is 46.5 Å². The molecule has 3 aliphatic rings. The van der Waals surface area contributed by atoms with E-state index >= 15 is 0 Å². The normalized spacial score (nSPS) is 49.0. The zero-order valence-corrected chi connectivity index (χ0v) is 8.79. The molecule has 0 aromatic rings. The molecule has 5 heteroatoms. The SMILES string of the molecule is O=C(O)C1CC2(C1)C(C1CCCO1)C2(F)F. The van der Waals surface area contributed by atoms with E-state index in [2.05, 4.69) is 0 Å². The molecule has 0 bridgehead atoms. The van der Waals surface area contributed by atoms with E-state index in [0.29, 0.717) is 13.0 Å². The predicted octanol–water partition coefficient (Wildman–Crippen LogP) is 1.91. The van der Waals surface area contributed by atoms with Crippen molar-refractivity contribution in [2.75, 3.05) is 6.61 Å². The third-order valence-electron chi connectivity index (χ3n) is 4.47. The highest BCUT2D eigenvalue weighted by atomic mass is 19.3. The van der Waals surface area contributed by atoms with Crippen LogP contribution < -0.4 is 0 Å². The molecule has 3 nitrogen and oxygen atoms in total. The number of hydrogen-bond donors (Lipinski definition) is 1. The summed E-state index contributed by atoms with van der Waals surface area (Å²) >= 11 is 0. The van der Waals surface area contributed by atoms with Gasteiger partial charge in [-0.25, -0.2) is 8.78 Å². The third kappa shape index (κ3) is 1.07. The van der Waals surface area contributed by atoms with Gasteiger partial charge in [0.1, 0.15) is 0 Å². The number of ether oxygens (including phenoxy) is 1. The Kier molecular flexibility index (Phi) is 1.92. The Balaban J connectivity index is 1.71. The van der Waals surface area contributed by atoms with E-state index in [9.17, 15) is 13.6 Å². The molecule has 2 aliphatic carbocycles. The first-order valence-electron chi connectivity index (χ1n) is 5.71. The van der Waals surface area contributed by atoms with E-state index < -0.39 is 29.1 Å². The van der Waals surface area contributed by atoms with E-state index in [1.165, 1.54) is 0 Å². The fourth-order valence-corrected chi connectivity index (χ4v) is 3.51. The van der Waals surface area contributed by atoms with Crippen LogP contribution in [0.2, 0.25) is 0 Å². The third-order valence-corrected chi connectivity index (χ3v) is 4.47. The van der Waals surface area contributed by atoms with E-state index in [1.54, 1.807) is 0 Å². The Bertz CT molecular complexity index is 330. The molecule has 1 N–H and O–H groups in total. The number of rotatable bonds is 2. The molecule has 0 aromatic carbocycles. The van der Waals surface area contributed by atoms with E-state index in [0.717, 1.165) is 6.42 Å². The first-order chi connectivity index (χ1) is 7.49. The summed E-state index contributed by atoms with van der Waals surface area (Å²) in [4.78, 5) is 10.7. The minimum atomic E-state index is -2.70. The zero-order valence-electron chi connectivity index (χ0n) is 8.79. The molecule has 0 amide bonds. The van der Waals surface area contributed by atoms with Crippen molar-refractivity contribution in [3.63, 3.8) is 0 Å². The largest absolute Gasteiger partial charge is 0.481 e. The lowest BCUT2D eigenvalue weighted by Gasteiger charge is -2.33. The maximum Gasteiger partial charge on any atom is 0.306 e. The molecule has 2 unspecified atom stereocenters. The van der Waals surface area contributed by atoms with Gasteiger partial charge in [0.15, 0.2) is 0 Å². The highest BCUT2D eigenvalue weighted by molar-refractivity contribution is 5.72. The molecule has 1 heterocycles. The van der Waals surface area contributed by atoms with Gasteiger partial charge < -0.3 is 9.84 Å². The van der Waals surface area contributed by atoms with Crippen molar-refractivity contribution in [2.45, 2.75) is 37.7 Å². The number of carbonyl (C=O) groups is 1. The van der Waals surface area contributed by atoms with Gasteiger partial charge in [0, 0.05) is 12.0 Å². The summed E-state index contributed by atoms with van der Waals surface area (Å²) in [6.07, 6.45) is 1.44. The molecule has 16 heavy (non-hydrogen) atoms. The van der Waals surface area contributed by atoms with Crippen LogP contribution in [0.3, 0.4) is 0 Å². The average molecular weight is 232 g/mol. The van der Waals surface area contributed by atoms with E-state index in [1.807, 2.05) is 0 Å². The number of hydrogen-bond acceptors (Lipinski definition) is 2. The summed E-state index contributed by atoms with van der Waals surface area (Å²) in [6.45, 7) is 0.565. The van der Waals surface area contributed by atoms with Crippen molar-refractivity contribution >= 4 is 5.97 Å². The van der Waals surface area contributed by atoms with E-state index in [4.69, 9.17) is 9.84 Å². The van der Waals surface area contributed by atoms with Crippen molar-refractivity contribution in [1.29, 1.82) is 0 Å². The average Bonchev–Trinajstić information content (AvgIpc) is 2.50. The molecule has 1 saturated heterocycles. The number of halogens is 2. The minimum absolute atomic E-state index is 0.125. The summed E-state index contributed by atoms with van der Waals surface area (Å²) in [5.74, 6) is -4.94.